The Bertz CT molecular complexity index is 210. The Morgan fingerprint density at radius 1 is 1.50 bits per heavy atom. The molecule has 1 saturated heterocycles. The number of ether oxygens (including phenoxy) is 1. The Morgan fingerprint density at radius 2 is 2.33 bits per heavy atom. The average molecular weight is 166 g/mol. The van der Waals surface area contributed by atoms with Crippen LogP contribution in [0, 0.1) is 5.92 Å². The topological polar surface area (TPSA) is 29.6 Å². The lowest BCUT2D eigenvalue weighted by atomic mass is 9.86. The maximum absolute atomic E-state index is 11.0. The highest BCUT2D eigenvalue weighted by molar-refractivity contribution is 5.89. The molecule has 66 valence electrons. The first kappa shape index (κ1) is 7.99. The predicted molar refractivity (Wildman–Crippen MR) is 45.8 cm³/mol. The quantitative estimate of drug-likeness (QED) is 0.471. The number of hydrogen-bond donors (Lipinski definition) is 0. The third-order valence-corrected chi connectivity index (χ3v) is 2.83. The van der Waals surface area contributed by atoms with Crippen LogP contribution < -0.4 is 0 Å². The molecule has 2 fully saturated rings. The number of fused-ring (bicyclic) bond motifs is 1. The van der Waals surface area contributed by atoms with Crippen molar-refractivity contribution in [2.45, 2.75) is 37.9 Å². The van der Waals surface area contributed by atoms with Crippen LogP contribution in [0.25, 0.3) is 0 Å². The Balaban J connectivity index is 1.80. The number of allylic oxidation sites excluding steroid dienone is 1. The van der Waals surface area contributed by atoms with Crippen LogP contribution in [0.2, 0.25) is 0 Å². The van der Waals surface area contributed by atoms with Gasteiger partial charge in [-0.05, 0) is 31.3 Å². The van der Waals surface area contributed by atoms with Crippen molar-refractivity contribution in [2.24, 2.45) is 5.92 Å². The first-order valence-corrected chi connectivity index (χ1v) is 4.60. The van der Waals surface area contributed by atoms with Gasteiger partial charge in [-0.15, -0.1) is 0 Å². The number of ketones is 1. The van der Waals surface area contributed by atoms with Crippen molar-refractivity contribution in [1.29, 1.82) is 0 Å². The van der Waals surface area contributed by atoms with E-state index in [0.29, 0.717) is 24.5 Å². The van der Waals surface area contributed by atoms with Crippen molar-refractivity contribution >= 4 is 5.78 Å². The molecule has 0 amide bonds. The van der Waals surface area contributed by atoms with Crippen molar-refractivity contribution in [3.8, 4) is 0 Å². The molecule has 2 nitrogen and oxygen atoms in total. The number of carbonyl (C=O) groups is 1. The van der Waals surface area contributed by atoms with Gasteiger partial charge in [0.25, 0.3) is 0 Å². The number of rotatable bonds is 3. The predicted octanol–water partition coefficient (Wildman–Crippen LogP) is 1.70. The van der Waals surface area contributed by atoms with Crippen molar-refractivity contribution in [3.05, 3.63) is 12.7 Å². The minimum absolute atomic E-state index is 0.180. The molecule has 2 aliphatic rings. The second-order valence-electron chi connectivity index (χ2n) is 3.77. The lowest BCUT2D eigenvalue weighted by molar-refractivity contribution is -0.115. The zero-order valence-electron chi connectivity index (χ0n) is 7.16. The van der Waals surface area contributed by atoms with E-state index in [9.17, 15) is 4.79 Å². The average Bonchev–Trinajstić information content (AvgIpc) is 2.82. The molecular formula is C10H14O2. The van der Waals surface area contributed by atoms with E-state index in [2.05, 4.69) is 6.58 Å². The van der Waals surface area contributed by atoms with Gasteiger partial charge in [-0.3, -0.25) is 4.79 Å². The van der Waals surface area contributed by atoms with Gasteiger partial charge in [-0.1, -0.05) is 6.58 Å². The van der Waals surface area contributed by atoms with Gasteiger partial charge in [0, 0.05) is 6.42 Å². The van der Waals surface area contributed by atoms with Crippen LogP contribution in [0.4, 0.5) is 0 Å². The standard InChI is InChI=1S/C10H14O2/c1-2-8(11)5-7-3-4-9-10(6-7)12-9/h2,7,9-10H,1,3-6H2. The van der Waals surface area contributed by atoms with Gasteiger partial charge >= 0.3 is 0 Å². The van der Waals surface area contributed by atoms with Gasteiger partial charge in [-0.2, -0.15) is 0 Å². The van der Waals surface area contributed by atoms with Crippen molar-refractivity contribution < 1.29 is 9.53 Å². The normalized spacial score (nSPS) is 38.5. The Morgan fingerprint density at radius 3 is 3.00 bits per heavy atom. The van der Waals surface area contributed by atoms with E-state index in [4.69, 9.17) is 4.74 Å². The van der Waals surface area contributed by atoms with Gasteiger partial charge in [-0.25, -0.2) is 0 Å². The maximum atomic E-state index is 11.0. The molecule has 3 unspecified atom stereocenters. The molecule has 0 aromatic carbocycles. The highest BCUT2D eigenvalue weighted by atomic mass is 16.6. The largest absolute Gasteiger partial charge is 0.370 e. The monoisotopic (exact) mass is 166 g/mol. The minimum atomic E-state index is 0.180. The second-order valence-corrected chi connectivity index (χ2v) is 3.77. The van der Waals surface area contributed by atoms with Gasteiger partial charge in [0.05, 0.1) is 12.2 Å². The first-order valence-electron chi connectivity index (χ1n) is 4.60. The summed E-state index contributed by atoms with van der Waals surface area (Å²) in [5.74, 6) is 0.735. The molecule has 12 heavy (non-hydrogen) atoms. The molecule has 0 radical (unpaired) electrons. The molecule has 0 bridgehead atoms. The third kappa shape index (κ3) is 1.58. The summed E-state index contributed by atoms with van der Waals surface area (Å²) in [4.78, 5) is 11.0. The summed E-state index contributed by atoms with van der Waals surface area (Å²) in [6.07, 6.45) is 6.53. The molecule has 1 saturated carbocycles. The summed E-state index contributed by atoms with van der Waals surface area (Å²) in [7, 11) is 0. The van der Waals surface area contributed by atoms with E-state index < -0.39 is 0 Å². The molecule has 1 aliphatic heterocycles. The second kappa shape index (κ2) is 3.02. The fourth-order valence-corrected chi connectivity index (χ4v) is 2.04. The van der Waals surface area contributed by atoms with Crippen LogP contribution >= 0.6 is 0 Å². The lowest BCUT2D eigenvalue weighted by Gasteiger charge is -2.16. The van der Waals surface area contributed by atoms with Crippen LogP contribution in [0.15, 0.2) is 12.7 Å². The molecule has 0 aromatic heterocycles. The molecule has 2 heteroatoms. The van der Waals surface area contributed by atoms with Crippen molar-refractivity contribution in [2.75, 3.05) is 0 Å². The molecule has 0 spiro atoms. The summed E-state index contributed by atoms with van der Waals surface area (Å²) >= 11 is 0. The zero-order chi connectivity index (χ0) is 8.55. The van der Waals surface area contributed by atoms with Gasteiger partial charge in [0.1, 0.15) is 0 Å². The third-order valence-electron chi connectivity index (χ3n) is 2.83. The molecule has 3 atom stereocenters. The number of hydrogen-bond acceptors (Lipinski definition) is 2. The van der Waals surface area contributed by atoms with Crippen molar-refractivity contribution in [1.82, 2.24) is 0 Å². The Hall–Kier alpha value is -0.630. The fraction of sp³-hybridized carbons (Fsp3) is 0.700. The van der Waals surface area contributed by atoms with Crippen LogP contribution in [0.1, 0.15) is 25.7 Å². The molecular weight excluding hydrogens is 152 g/mol. The summed E-state index contributed by atoms with van der Waals surface area (Å²) in [5, 5.41) is 0. The van der Waals surface area contributed by atoms with E-state index in [0.717, 1.165) is 19.3 Å². The van der Waals surface area contributed by atoms with Crippen molar-refractivity contribution in [3.63, 3.8) is 0 Å². The van der Waals surface area contributed by atoms with Gasteiger partial charge in [0.2, 0.25) is 0 Å². The van der Waals surface area contributed by atoms with Crippen LogP contribution in [-0.2, 0) is 9.53 Å². The summed E-state index contributed by atoms with van der Waals surface area (Å²) in [6.45, 7) is 3.47. The molecule has 2 rings (SSSR count). The van der Waals surface area contributed by atoms with Crippen LogP contribution in [0.5, 0.6) is 0 Å². The molecule has 0 aromatic rings. The molecule has 1 heterocycles. The summed E-state index contributed by atoms with van der Waals surface area (Å²) < 4.78 is 5.39. The lowest BCUT2D eigenvalue weighted by Crippen LogP contribution is -2.15. The van der Waals surface area contributed by atoms with E-state index in [1.165, 1.54) is 6.08 Å². The van der Waals surface area contributed by atoms with E-state index in [1.807, 2.05) is 0 Å². The SMILES string of the molecule is C=CC(=O)CC1CCC2OC2C1. The number of epoxide rings is 1. The van der Waals surface area contributed by atoms with E-state index in [1.54, 1.807) is 0 Å². The summed E-state index contributed by atoms with van der Waals surface area (Å²) in [5.41, 5.74) is 0. The highest BCUT2D eigenvalue weighted by Crippen LogP contribution is 2.40. The fourth-order valence-electron chi connectivity index (χ4n) is 2.04. The smallest absolute Gasteiger partial charge is 0.155 e. The summed E-state index contributed by atoms with van der Waals surface area (Å²) in [6, 6.07) is 0. The number of carbonyl (C=O) groups excluding carboxylic acids is 1. The molecule has 1 aliphatic carbocycles. The zero-order valence-corrected chi connectivity index (χ0v) is 7.16. The highest BCUT2D eigenvalue weighted by Gasteiger charge is 2.43. The maximum Gasteiger partial charge on any atom is 0.155 e. The molecule has 0 N–H and O–H groups in total. The Labute approximate surface area is 72.6 Å². The van der Waals surface area contributed by atoms with Crippen LogP contribution in [-0.4, -0.2) is 18.0 Å². The van der Waals surface area contributed by atoms with E-state index in [-0.39, 0.29) is 5.78 Å². The van der Waals surface area contributed by atoms with Gasteiger partial charge < -0.3 is 4.74 Å². The minimum Gasteiger partial charge on any atom is -0.370 e. The Kier molecular flexibility index (Phi) is 2.01. The van der Waals surface area contributed by atoms with E-state index >= 15 is 0 Å². The first-order chi connectivity index (χ1) is 5.79. The van der Waals surface area contributed by atoms with Crippen LogP contribution in [0.3, 0.4) is 0 Å². The van der Waals surface area contributed by atoms with Gasteiger partial charge in [0.15, 0.2) is 5.78 Å².